The van der Waals surface area contributed by atoms with Crippen LogP contribution < -0.4 is 5.73 Å². The van der Waals surface area contributed by atoms with Gasteiger partial charge in [-0.1, -0.05) is 0 Å². The Hall–Kier alpha value is -0.240. The third-order valence-corrected chi connectivity index (χ3v) is 2.68. The molecule has 2 saturated heterocycles. The fourth-order valence-corrected chi connectivity index (χ4v) is 1.73. The normalized spacial score (nSPS) is 55.4. The summed E-state index contributed by atoms with van der Waals surface area (Å²) in [7, 11) is 0. The summed E-state index contributed by atoms with van der Waals surface area (Å²) in [6, 6.07) is -0.767. The lowest BCUT2D eigenvalue weighted by Gasteiger charge is -2.40. The van der Waals surface area contributed by atoms with Crippen LogP contribution in [-0.2, 0) is 9.47 Å². The van der Waals surface area contributed by atoms with E-state index in [9.17, 15) is 10.2 Å². The average molecular weight is 191 g/mol. The minimum absolute atomic E-state index is 0.0556. The average Bonchev–Trinajstić information content (AvgIpc) is 2.55. The van der Waals surface area contributed by atoms with E-state index in [2.05, 4.69) is 0 Å². The second-order valence-corrected chi connectivity index (χ2v) is 3.53. The largest absolute Gasteiger partial charge is 0.393 e. The van der Waals surface area contributed by atoms with Gasteiger partial charge in [0.2, 0.25) is 0 Å². The molecule has 0 radical (unpaired) electrons. The molecule has 2 fully saturated rings. The molecule has 6 heteroatoms. The maximum absolute atomic E-state index is 9.59. The molecule has 6 nitrogen and oxygen atoms in total. The highest BCUT2D eigenvalue weighted by Gasteiger charge is 2.57. The Morgan fingerprint density at radius 3 is 2.77 bits per heavy atom. The van der Waals surface area contributed by atoms with Gasteiger partial charge in [-0.2, -0.15) is 0 Å². The van der Waals surface area contributed by atoms with E-state index in [1.807, 2.05) is 0 Å². The zero-order chi connectivity index (χ0) is 9.64. The van der Waals surface area contributed by atoms with E-state index in [1.165, 1.54) is 0 Å². The Labute approximate surface area is 74.9 Å². The van der Waals surface area contributed by atoms with Gasteiger partial charge in [-0.25, -0.2) is 0 Å². The first-order valence-corrected chi connectivity index (χ1v) is 4.13. The van der Waals surface area contributed by atoms with Crippen molar-refractivity contribution in [2.45, 2.75) is 30.1 Å². The van der Waals surface area contributed by atoms with Crippen LogP contribution >= 0.6 is 0 Å². The molecule has 2 aliphatic heterocycles. The van der Waals surface area contributed by atoms with Gasteiger partial charge in [-0.15, -0.1) is 0 Å². The predicted molar refractivity (Wildman–Crippen MR) is 40.6 cm³/mol. The summed E-state index contributed by atoms with van der Waals surface area (Å²) in [5.74, 6) is 0. The number of hydrogen-bond donors (Lipinski definition) is 4. The number of hydrogen-bond acceptors (Lipinski definition) is 6. The van der Waals surface area contributed by atoms with Crippen LogP contribution in [0.15, 0.2) is 0 Å². The van der Waals surface area contributed by atoms with Crippen molar-refractivity contribution in [1.82, 2.24) is 0 Å². The molecule has 0 amide bonds. The molecule has 2 aliphatic rings. The highest BCUT2D eigenvalue weighted by atomic mass is 16.7. The fraction of sp³-hybridized carbons (Fsp3) is 1.00. The van der Waals surface area contributed by atoms with E-state index in [0.29, 0.717) is 0 Å². The second kappa shape index (κ2) is 2.88. The standard InChI is InChI=1S/C7H13NO5/c8-3-4(10)5(11)7(1-9)2-12-6(3)13-7/h3-6,9-11H,1-2,8H2. The fourth-order valence-electron chi connectivity index (χ4n) is 1.73. The van der Waals surface area contributed by atoms with Gasteiger partial charge < -0.3 is 30.5 Å². The van der Waals surface area contributed by atoms with E-state index >= 15 is 0 Å². The first-order valence-electron chi connectivity index (χ1n) is 4.13. The Balaban J connectivity index is 2.25. The topological polar surface area (TPSA) is 105 Å². The SMILES string of the molecule is NC1C2OCC(CO)(O2)C(O)C1O. The van der Waals surface area contributed by atoms with Crippen molar-refractivity contribution in [3.05, 3.63) is 0 Å². The summed E-state index contributed by atoms with van der Waals surface area (Å²) >= 11 is 0. The van der Waals surface area contributed by atoms with Crippen LogP contribution in [0.4, 0.5) is 0 Å². The lowest BCUT2D eigenvalue weighted by molar-refractivity contribution is -0.228. The van der Waals surface area contributed by atoms with Gasteiger partial charge in [0, 0.05) is 0 Å². The van der Waals surface area contributed by atoms with Crippen LogP contribution in [0.3, 0.4) is 0 Å². The molecule has 0 aromatic heterocycles. The van der Waals surface area contributed by atoms with E-state index in [0.717, 1.165) is 0 Å². The molecule has 5 N–H and O–H groups in total. The summed E-state index contributed by atoms with van der Waals surface area (Å²) in [5.41, 5.74) is 4.33. The molecule has 0 saturated carbocycles. The number of ether oxygens (including phenoxy) is 2. The van der Waals surface area contributed by atoms with E-state index in [1.54, 1.807) is 0 Å². The molecule has 2 bridgehead atoms. The van der Waals surface area contributed by atoms with Crippen LogP contribution in [0.5, 0.6) is 0 Å². The Morgan fingerprint density at radius 2 is 2.15 bits per heavy atom. The number of rotatable bonds is 1. The monoisotopic (exact) mass is 191 g/mol. The molecule has 76 valence electrons. The molecule has 2 heterocycles. The highest BCUT2D eigenvalue weighted by Crippen LogP contribution is 2.35. The quantitative estimate of drug-likeness (QED) is 0.355. The minimum Gasteiger partial charge on any atom is -0.393 e. The third-order valence-electron chi connectivity index (χ3n) is 2.68. The van der Waals surface area contributed by atoms with Crippen molar-refractivity contribution >= 4 is 0 Å². The Kier molecular flexibility index (Phi) is 2.06. The molecule has 0 aromatic carbocycles. The summed E-state index contributed by atoms with van der Waals surface area (Å²) < 4.78 is 10.3. The van der Waals surface area contributed by atoms with Gasteiger partial charge in [0.25, 0.3) is 0 Å². The Morgan fingerprint density at radius 1 is 1.46 bits per heavy atom. The highest BCUT2D eigenvalue weighted by molar-refractivity contribution is 5.04. The van der Waals surface area contributed by atoms with E-state index in [4.69, 9.17) is 20.3 Å². The Bertz CT molecular complexity index is 213. The molecular formula is C7H13NO5. The molecule has 0 spiro atoms. The number of aliphatic hydroxyl groups is 3. The van der Waals surface area contributed by atoms with Crippen LogP contribution in [0.25, 0.3) is 0 Å². The van der Waals surface area contributed by atoms with Crippen LogP contribution in [0.1, 0.15) is 0 Å². The zero-order valence-electron chi connectivity index (χ0n) is 6.96. The third kappa shape index (κ3) is 1.11. The van der Waals surface area contributed by atoms with Crippen LogP contribution in [0, 0.1) is 0 Å². The van der Waals surface area contributed by atoms with Gasteiger partial charge >= 0.3 is 0 Å². The predicted octanol–water partition coefficient (Wildman–Crippen LogP) is -2.85. The molecule has 13 heavy (non-hydrogen) atoms. The zero-order valence-corrected chi connectivity index (χ0v) is 6.96. The molecule has 0 aliphatic carbocycles. The minimum atomic E-state index is -1.20. The maximum Gasteiger partial charge on any atom is 0.176 e. The molecular weight excluding hydrogens is 178 g/mol. The van der Waals surface area contributed by atoms with Gasteiger partial charge in [-0.05, 0) is 0 Å². The van der Waals surface area contributed by atoms with Crippen molar-refractivity contribution in [2.75, 3.05) is 13.2 Å². The van der Waals surface area contributed by atoms with Crippen molar-refractivity contribution in [3.8, 4) is 0 Å². The summed E-state index contributed by atoms with van der Waals surface area (Å²) in [5, 5.41) is 28.1. The smallest absolute Gasteiger partial charge is 0.176 e. The molecule has 0 aromatic rings. The number of nitrogens with two attached hydrogens (primary N) is 1. The number of aliphatic hydroxyl groups excluding tert-OH is 3. The second-order valence-electron chi connectivity index (χ2n) is 3.53. The van der Waals surface area contributed by atoms with Crippen molar-refractivity contribution in [2.24, 2.45) is 5.73 Å². The lowest BCUT2D eigenvalue weighted by Crippen LogP contribution is -2.64. The van der Waals surface area contributed by atoms with Gasteiger partial charge in [-0.3, -0.25) is 0 Å². The van der Waals surface area contributed by atoms with Crippen LogP contribution in [-0.4, -0.2) is 58.7 Å². The molecule has 5 atom stereocenters. The van der Waals surface area contributed by atoms with Crippen molar-refractivity contribution in [3.63, 3.8) is 0 Å². The van der Waals surface area contributed by atoms with Gasteiger partial charge in [0.05, 0.1) is 19.3 Å². The van der Waals surface area contributed by atoms with Gasteiger partial charge in [0.15, 0.2) is 6.29 Å². The summed E-state index contributed by atoms with van der Waals surface area (Å²) in [6.45, 7) is -0.339. The van der Waals surface area contributed by atoms with E-state index < -0.39 is 36.7 Å². The lowest BCUT2D eigenvalue weighted by atomic mass is 9.89. The summed E-state index contributed by atoms with van der Waals surface area (Å²) in [6.07, 6.45) is -3.05. The first kappa shape index (κ1) is 9.32. The molecule has 2 rings (SSSR count). The van der Waals surface area contributed by atoms with Crippen LogP contribution in [0.2, 0.25) is 0 Å². The van der Waals surface area contributed by atoms with Gasteiger partial charge in [0.1, 0.15) is 17.8 Å². The van der Waals surface area contributed by atoms with Crippen molar-refractivity contribution in [1.29, 1.82) is 0 Å². The van der Waals surface area contributed by atoms with Crippen molar-refractivity contribution < 1.29 is 24.8 Å². The molecule has 5 unspecified atom stereocenters. The van der Waals surface area contributed by atoms with E-state index in [-0.39, 0.29) is 6.61 Å². The first-order chi connectivity index (χ1) is 6.10. The maximum atomic E-state index is 9.59. The number of fused-ring (bicyclic) bond motifs is 2. The summed E-state index contributed by atoms with van der Waals surface area (Å²) in [4.78, 5) is 0.